The molecule has 1 heterocycles. The molecule has 148 valence electrons. The average molecular weight is 355 g/mol. The van der Waals surface area contributed by atoms with Crippen molar-refractivity contribution in [2.75, 3.05) is 39.3 Å². The number of rotatable bonds is 11. The quantitative estimate of drug-likeness (QED) is 0.303. The molecule has 0 aromatic rings. The average Bonchev–Trinajstić information content (AvgIpc) is 2.63. The van der Waals surface area contributed by atoms with Crippen LogP contribution in [0.2, 0.25) is 0 Å². The number of nitrogens with one attached hydrogen (secondary N) is 2. The van der Waals surface area contributed by atoms with Crippen LogP contribution in [-0.2, 0) is 0 Å². The number of aliphatic hydroxyl groups excluding tert-OH is 1. The highest BCUT2D eigenvalue weighted by atomic mass is 16.3. The van der Waals surface area contributed by atoms with Gasteiger partial charge in [0.05, 0.1) is 0 Å². The summed E-state index contributed by atoms with van der Waals surface area (Å²) in [5, 5.41) is 16.2. The summed E-state index contributed by atoms with van der Waals surface area (Å²) in [5.41, 5.74) is 0.125. The molecule has 0 bridgehead atoms. The van der Waals surface area contributed by atoms with Crippen molar-refractivity contribution in [3.8, 4) is 0 Å². The summed E-state index contributed by atoms with van der Waals surface area (Å²) in [6, 6.07) is 0.740. The lowest BCUT2D eigenvalue weighted by atomic mass is 9.79. The molecule has 1 saturated heterocycles. The molecule has 0 aromatic carbocycles. The summed E-state index contributed by atoms with van der Waals surface area (Å²) in [7, 11) is 0. The van der Waals surface area contributed by atoms with Crippen LogP contribution < -0.4 is 10.6 Å². The van der Waals surface area contributed by atoms with Crippen molar-refractivity contribution in [1.82, 2.24) is 15.5 Å². The van der Waals surface area contributed by atoms with Gasteiger partial charge in [-0.2, -0.15) is 0 Å². The van der Waals surface area contributed by atoms with E-state index < -0.39 is 0 Å². The second-order valence-electron chi connectivity index (χ2n) is 7.54. The molecule has 5 nitrogen and oxygen atoms in total. The van der Waals surface area contributed by atoms with Crippen LogP contribution in [0, 0.1) is 5.41 Å². The number of hydrogen-bond acceptors (Lipinski definition) is 3. The molecule has 1 rings (SSSR count). The summed E-state index contributed by atoms with van der Waals surface area (Å²) >= 11 is 0. The van der Waals surface area contributed by atoms with Crippen molar-refractivity contribution in [2.45, 2.75) is 78.7 Å². The zero-order chi connectivity index (χ0) is 18.5. The lowest BCUT2D eigenvalue weighted by molar-refractivity contribution is 0.159. The Kier molecular flexibility index (Phi) is 11.1. The summed E-state index contributed by atoms with van der Waals surface area (Å²) < 4.78 is 0. The van der Waals surface area contributed by atoms with E-state index in [0.717, 1.165) is 57.3 Å². The Morgan fingerprint density at radius 3 is 2.56 bits per heavy atom. The zero-order valence-electron chi connectivity index (χ0n) is 17.1. The Labute approximate surface area is 155 Å². The Hall–Kier alpha value is -0.810. The Bertz CT molecular complexity index is 369. The van der Waals surface area contributed by atoms with E-state index in [-0.39, 0.29) is 12.0 Å². The van der Waals surface area contributed by atoms with Gasteiger partial charge >= 0.3 is 0 Å². The molecule has 3 N–H and O–H groups in total. The monoisotopic (exact) mass is 354 g/mol. The van der Waals surface area contributed by atoms with Crippen molar-refractivity contribution in [3.63, 3.8) is 0 Å². The van der Waals surface area contributed by atoms with Crippen molar-refractivity contribution < 1.29 is 5.11 Å². The highest BCUT2D eigenvalue weighted by Crippen LogP contribution is 2.30. The van der Waals surface area contributed by atoms with E-state index in [0.29, 0.717) is 0 Å². The third kappa shape index (κ3) is 7.95. The highest BCUT2D eigenvalue weighted by Gasteiger charge is 2.25. The van der Waals surface area contributed by atoms with Gasteiger partial charge in [0.15, 0.2) is 5.96 Å². The first-order chi connectivity index (χ1) is 12.1. The van der Waals surface area contributed by atoms with Gasteiger partial charge in [-0.05, 0) is 64.3 Å². The van der Waals surface area contributed by atoms with Crippen molar-refractivity contribution >= 4 is 5.96 Å². The Morgan fingerprint density at radius 1 is 1.20 bits per heavy atom. The SMILES string of the molecule is CCNC(=NCC(CC)(CC)CCO)NCCCN1CCCCC1C. The van der Waals surface area contributed by atoms with Gasteiger partial charge in [-0.3, -0.25) is 4.99 Å². The van der Waals surface area contributed by atoms with Crippen molar-refractivity contribution in [3.05, 3.63) is 0 Å². The molecule has 1 atom stereocenters. The first kappa shape index (κ1) is 22.2. The Balaban J connectivity index is 2.44. The van der Waals surface area contributed by atoms with Crippen LogP contribution in [0.25, 0.3) is 0 Å². The maximum absolute atomic E-state index is 9.37. The largest absolute Gasteiger partial charge is 0.396 e. The van der Waals surface area contributed by atoms with Crippen LogP contribution in [0.3, 0.4) is 0 Å². The minimum atomic E-state index is 0.125. The predicted molar refractivity (Wildman–Crippen MR) is 108 cm³/mol. The number of piperidine rings is 1. The molecule has 1 aliphatic heterocycles. The van der Waals surface area contributed by atoms with Crippen LogP contribution >= 0.6 is 0 Å². The van der Waals surface area contributed by atoms with Crippen LogP contribution in [-0.4, -0.2) is 61.3 Å². The van der Waals surface area contributed by atoms with Gasteiger partial charge in [0.1, 0.15) is 0 Å². The molecule has 5 heteroatoms. The van der Waals surface area contributed by atoms with Gasteiger partial charge in [0, 0.05) is 38.8 Å². The van der Waals surface area contributed by atoms with Gasteiger partial charge < -0.3 is 20.6 Å². The molecule has 0 amide bonds. The standard InChI is InChI=1S/C20H42N4O/c1-5-20(6-2,12-16-25)17-23-19(21-7-3)22-13-10-15-24-14-9-8-11-18(24)4/h18,25H,5-17H2,1-4H3,(H2,21,22,23). The summed E-state index contributed by atoms with van der Waals surface area (Å²) in [4.78, 5) is 7.44. The Morgan fingerprint density at radius 2 is 1.96 bits per heavy atom. The lowest BCUT2D eigenvalue weighted by Crippen LogP contribution is -2.41. The summed E-state index contributed by atoms with van der Waals surface area (Å²) in [5.74, 6) is 0.915. The normalized spacial score (nSPS) is 19.9. The van der Waals surface area contributed by atoms with E-state index in [1.807, 2.05) is 0 Å². The second kappa shape index (κ2) is 12.5. The van der Waals surface area contributed by atoms with Gasteiger partial charge in [0.25, 0.3) is 0 Å². The maximum Gasteiger partial charge on any atom is 0.191 e. The minimum Gasteiger partial charge on any atom is -0.396 e. The fourth-order valence-corrected chi connectivity index (χ4v) is 3.71. The second-order valence-corrected chi connectivity index (χ2v) is 7.54. The first-order valence-electron chi connectivity index (χ1n) is 10.5. The minimum absolute atomic E-state index is 0.125. The third-order valence-electron chi connectivity index (χ3n) is 5.91. The van der Waals surface area contributed by atoms with Crippen LogP contribution in [0.15, 0.2) is 4.99 Å². The van der Waals surface area contributed by atoms with E-state index in [9.17, 15) is 5.11 Å². The molecule has 1 unspecified atom stereocenters. The molecule has 0 saturated carbocycles. The van der Waals surface area contributed by atoms with Crippen LogP contribution in [0.4, 0.5) is 0 Å². The topological polar surface area (TPSA) is 59.9 Å². The van der Waals surface area contributed by atoms with E-state index >= 15 is 0 Å². The van der Waals surface area contributed by atoms with Crippen LogP contribution in [0.1, 0.15) is 72.6 Å². The summed E-state index contributed by atoms with van der Waals surface area (Å²) in [6.07, 6.45) is 8.17. The first-order valence-corrected chi connectivity index (χ1v) is 10.5. The van der Waals surface area contributed by atoms with E-state index in [1.54, 1.807) is 0 Å². The molecule has 1 fully saturated rings. The van der Waals surface area contributed by atoms with E-state index in [1.165, 1.54) is 32.4 Å². The van der Waals surface area contributed by atoms with Gasteiger partial charge in [-0.25, -0.2) is 0 Å². The van der Waals surface area contributed by atoms with E-state index in [2.05, 4.69) is 43.2 Å². The number of guanidine groups is 1. The predicted octanol–water partition coefficient (Wildman–Crippen LogP) is 2.99. The highest BCUT2D eigenvalue weighted by molar-refractivity contribution is 5.79. The molecule has 0 radical (unpaired) electrons. The van der Waals surface area contributed by atoms with Crippen molar-refractivity contribution in [2.24, 2.45) is 10.4 Å². The third-order valence-corrected chi connectivity index (χ3v) is 5.91. The fraction of sp³-hybridized carbons (Fsp3) is 0.950. The molecule has 0 aromatic heterocycles. The molecule has 0 spiro atoms. The van der Waals surface area contributed by atoms with Crippen LogP contribution in [0.5, 0.6) is 0 Å². The summed E-state index contributed by atoms with van der Waals surface area (Å²) in [6.45, 7) is 14.2. The number of hydrogen-bond donors (Lipinski definition) is 3. The number of aliphatic hydroxyl groups is 1. The van der Waals surface area contributed by atoms with Crippen molar-refractivity contribution in [1.29, 1.82) is 0 Å². The number of likely N-dealkylation sites (tertiary alicyclic amines) is 1. The molecular formula is C20H42N4O. The van der Waals surface area contributed by atoms with Gasteiger partial charge in [0.2, 0.25) is 0 Å². The number of nitrogens with zero attached hydrogens (tertiary/aromatic N) is 2. The molecule has 1 aliphatic rings. The molecule has 25 heavy (non-hydrogen) atoms. The molecule has 0 aliphatic carbocycles. The van der Waals surface area contributed by atoms with Gasteiger partial charge in [-0.15, -0.1) is 0 Å². The smallest absolute Gasteiger partial charge is 0.191 e. The maximum atomic E-state index is 9.37. The molecular weight excluding hydrogens is 312 g/mol. The lowest BCUT2D eigenvalue weighted by Gasteiger charge is -2.33. The fourth-order valence-electron chi connectivity index (χ4n) is 3.71. The van der Waals surface area contributed by atoms with Gasteiger partial charge in [-0.1, -0.05) is 20.3 Å². The van der Waals surface area contributed by atoms with E-state index in [4.69, 9.17) is 4.99 Å². The number of aliphatic imine (C=N–C) groups is 1. The zero-order valence-corrected chi connectivity index (χ0v) is 17.1.